The Morgan fingerprint density at radius 1 is 1.79 bits per heavy atom. The van der Waals surface area contributed by atoms with Gasteiger partial charge in [-0.3, -0.25) is 4.79 Å². The predicted octanol–water partition coefficient (Wildman–Crippen LogP) is 0.711. The van der Waals surface area contributed by atoms with Gasteiger partial charge < -0.3 is 9.87 Å². The third-order valence-electron chi connectivity index (χ3n) is 1.25. The summed E-state index contributed by atoms with van der Waals surface area (Å²) in [7, 11) is 0. The van der Waals surface area contributed by atoms with Crippen molar-refractivity contribution in [3.05, 3.63) is 4.88 Å². The van der Waals surface area contributed by atoms with Crippen molar-refractivity contribution in [2.24, 2.45) is 0 Å². The van der Waals surface area contributed by atoms with Gasteiger partial charge in [0, 0.05) is 18.1 Å². The highest BCUT2D eigenvalue weighted by atomic mass is 32.2. The first-order valence-corrected chi connectivity index (χ1v) is 5.94. The van der Waals surface area contributed by atoms with E-state index in [9.17, 15) is 9.35 Å². The number of rotatable bonds is 2. The summed E-state index contributed by atoms with van der Waals surface area (Å²) in [5.41, 5.74) is 0. The maximum atomic E-state index is 11.0. The molecule has 0 saturated heterocycles. The minimum atomic E-state index is -1.23. The Labute approximate surface area is 87.9 Å². The van der Waals surface area contributed by atoms with Crippen LogP contribution in [0, 0.1) is 11.3 Å². The summed E-state index contributed by atoms with van der Waals surface area (Å²) in [6, 6.07) is 1.88. The smallest absolute Gasteiger partial charge is 0.304 e. The van der Waals surface area contributed by atoms with Gasteiger partial charge in [-0.15, -0.1) is 0 Å². The summed E-state index contributed by atoms with van der Waals surface area (Å²) in [5.74, 6) is -0.115. The summed E-state index contributed by atoms with van der Waals surface area (Å²) >= 11 is -0.207. The van der Waals surface area contributed by atoms with Crippen LogP contribution in [0.1, 0.15) is 11.8 Å². The number of aromatic nitrogens is 1. The first-order valence-electron chi connectivity index (χ1n) is 3.56. The molecular weight excluding hydrogens is 222 g/mol. The molecule has 74 valence electrons. The van der Waals surface area contributed by atoms with E-state index in [0.717, 1.165) is 11.3 Å². The lowest BCUT2D eigenvalue weighted by Crippen LogP contribution is -2.07. The van der Waals surface area contributed by atoms with Crippen molar-refractivity contribution >= 4 is 34.2 Å². The zero-order chi connectivity index (χ0) is 10.7. The fourth-order valence-electron chi connectivity index (χ4n) is 0.751. The van der Waals surface area contributed by atoms with Crippen molar-refractivity contribution < 1.29 is 9.35 Å². The van der Waals surface area contributed by atoms with Crippen molar-refractivity contribution in [3.63, 3.8) is 0 Å². The molecule has 0 aliphatic carbocycles. The lowest BCUT2D eigenvalue weighted by atomic mass is 10.5. The number of anilines is 1. The van der Waals surface area contributed by atoms with E-state index in [0.29, 0.717) is 4.34 Å². The molecule has 5 nitrogen and oxygen atoms in total. The van der Waals surface area contributed by atoms with Crippen LogP contribution in [-0.4, -0.2) is 21.7 Å². The molecule has 1 atom stereocenters. The van der Waals surface area contributed by atoms with Crippen LogP contribution >= 0.6 is 11.3 Å². The fourth-order valence-corrected chi connectivity index (χ4v) is 2.24. The number of hydrogen-bond acceptors (Lipinski definition) is 5. The molecule has 0 aliphatic heterocycles. The topological polar surface area (TPSA) is 88.8 Å². The second kappa shape index (κ2) is 4.41. The average molecular weight is 229 g/mol. The Kier molecular flexibility index (Phi) is 3.46. The summed E-state index contributed by atoms with van der Waals surface area (Å²) < 4.78 is 11.4. The monoisotopic (exact) mass is 229 g/mol. The van der Waals surface area contributed by atoms with Gasteiger partial charge in [-0.2, -0.15) is 10.2 Å². The van der Waals surface area contributed by atoms with E-state index in [2.05, 4.69) is 10.3 Å². The molecule has 0 bridgehead atoms. The minimum absolute atomic E-state index is 0.190. The van der Waals surface area contributed by atoms with Crippen LogP contribution in [0.2, 0.25) is 0 Å². The van der Waals surface area contributed by atoms with Crippen LogP contribution in [0.4, 0.5) is 5.82 Å². The van der Waals surface area contributed by atoms with E-state index in [4.69, 9.17) is 5.26 Å². The van der Waals surface area contributed by atoms with Gasteiger partial charge >= 0.3 is 4.34 Å². The normalized spacial score (nSPS) is 11.9. The minimum Gasteiger partial charge on any atom is -0.610 e. The summed E-state index contributed by atoms with van der Waals surface area (Å²) in [5, 5.41) is 11.1. The van der Waals surface area contributed by atoms with Gasteiger partial charge in [-0.1, -0.05) is 11.3 Å². The van der Waals surface area contributed by atoms with Gasteiger partial charge in [0.25, 0.3) is 0 Å². The van der Waals surface area contributed by atoms with E-state index in [1.54, 1.807) is 0 Å². The Morgan fingerprint density at radius 3 is 2.86 bits per heavy atom. The fraction of sp³-hybridized carbons (Fsp3) is 0.286. The average Bonchev–Trinajstić information content (AvgIpc) is 2.46. The van der Waals surface area contributed by atoms with Gasteiger partial charge in [0.05, 0.1) is 0 Å². The Balaban J connectivity index is 3.04. The molecule has 0 aliphatic rings. The van der Waals surface area contributed by atoms with Gasteiger partial charge in [0.2, 0.25) is 5.91 Å². The molecule has 1 N–H and O–H groups in total. The first kappa shape index (κ1) is 11.0. The maximum Gasteiger partial charge on any atom is 0.304 e. The molecule has 1 unspecified atom stereocenters. The quantitative estimate of drug-likeness (QED) is 0.756. The Hall–Kier alpha value is -1.10. The second-order valence-electron chi connectivity index (χ2n) is 2.40. The van der Waals surface area contributed by atoms with E-state index in [1.165, 1.54) is 13.2 Å². The van der Waals surface area contributed by atoms with Crippen LogP contribution in [-0.2, 0) is 16.0 Å². The number of nitrogens with zero attached hydrogens (tertiary/aromatic N) is 2. The Morgan fingerprint density at radius 2 is 2.43 bits per heavy atom. The standard InChI is InChI=1S/C7H7N3O2S2/c1-4(11)9-6-5(3-8)13-7(10-6)14(2)12/h1-2H3,(H,9,11). The number of carbonyl (C=O) groups is 1. The number of amides is 1. The summed E-state index contributed by atoms with van der Waals surface area (Å²) in [6.45, 7) is 1.32. The highest BCUT2D eigenvalue weighted by Crippen LogP contribution is 2.25. The van der Waals surface area contributed by atoms with Crippen LogP contribution in [0.15, 0.2) is 4.34 Å². The van der Waals surface area contributed by atoms with Crippen LogP contribution in [0.5, 0.6) is 0 Å². The largest absolute Gasteiger partial charge is 0.610 e. The lowest BCUT2D eigenvalue weighted by molar-refractivity contribution is -0.114. The SMILES string of the molecule is CC(=O)Nc1nc([S+](C)[O-])sc1C#N. The van der Waals surface area contributed by atoms with Crippen molar-refractivity contribution in [2.75, 3.05) is 11.6 Å². The first-order chi connectivity index (χ1) is 6.54. The van der Waals surface area contributed by atoms with E-state index >= 15 is 0 Å². The Bertz CT molecular complexity index is 394. The third kappa shape index (κ3) is 2.45. The predicted molar refractivity (Wildman–Crippen MR) is 53.5 cm³/mol. The lowest BCUT2D eigenvalue weighted by Gasteiger charge is -1.96. The van der Waals surface area contributed by atoms with Crippen molar-refractivity contribution in [2.45, 2.75) is 11.3 Å². The van der Waals surface area contributed by atoms with Crippen LogP contribution in [0.25, 0.3) is 0 Å². The van der Waals surface area contributed by atoms with Gasteiger partial charge in [0.1, 0.15) is 12.3 Å². The van der Waals surface area contributed by atoms with Crippen molar-refractivity contribution in [1.82, 2.24) is 4.98 Å². The zero-order valence-corrected chi connectivity index (χ0v) is 9.16. The maximum absolute atomic E-state index is 11.0. The van der Waals surface area contributed by atoms with Gasteiger partial charge in [0.15, 0.2) is 10.7 Å². The number of thiazole rings is 1. The summed E-state index contributed by atoms with van der Waals surface area (Å²) in [6.07, 6.45) is 1.47. The van der Waals surface area contributed by atoms with Crippen molar-refractivity contribution in [3.8, 4) is 6.07 Å². The third-order valence-corrected chi connectivity index (χ3v) is 3.54. The van der Waals surface area contributed by atoms with Crippen LogP contribution < -0.4 is 5.32 Å². The molecule has 14 heavy (non-hydrogen) atoms. The molecule has 1 aromatic heterocycles. The highest BCUT2D eigenvalue weighted by molar-refractivity contribution is 7.92. The zero-order valence-electron chi connectivity index (χ0n) is 7.53. The summed E-state index contributed by atoms with van der Waals surface area (Å²) in [4.78, 5) is 14.9. The van der Waals surface area contributed by atoms with E-state index in [1.807, 2.05) is 6.07 Å². The van der Waals surface area contributed by atoms with Crippen LogP contribution in [0.3, 0.4) is 0 Å². The molecule has 0 aromatic carbocycles. The molecule has 1 heterocycles. The van der Waals surface area contributed by atoms with E-state index < -0.39 is 11.2 Å². The highest BCUT2D eigenvalue weighted by Gasteiger charge is 2.17. The van der Waals surface area contributed by atoms with Gasteiger partial charge in [-0.05, 0) is 0 Å². The van der Waals surface area contributed by atoms with Crippen molar-refractivity contribution in [1.29, 1.82) is 5.26 Å². The molecule has 7 heteroatoms. The molecule has 1 amide bonds. The molecule has 0 fully saturated rings. The second-order valence-corrected chi connectivity index (χ2v) is 4.96. The van der Waals surface area contributed by atoms with E-state index in [-0.39, 0.29) is 16.6 Å². The molecule has 0 saturated carbocycles. The number of hydrogen-bond donors (Lipinski definition) is 1. The molecule has 1 rings (SSSR count). The molecule has 0 spiro atoms. The number of nitrogens with one attached hydrogen (secondary N) is 1. The molecule has 1 aromatic rings. The molecular formula is C7H7N3O2S2. The van der Waals surface area contributed by atoms with Gasteiger partial charge in [-0.25, -0.2) is 0 Å². The molecule has 0 radical (unpaired) electrons. The number of carbonyl (C=O) groups excluding carboxylic acids is 1. The number of nitriles is 1.